The maximum atomic E-state index is 13.1. The van der Waals surface area contributed by atoms with Gasteiger partial charge in [-0.05, 0) is 31.4 Å². The highest BCUT2D eigenvalue weighted by Gasteiger charge is 2.03. The van der Waals surface area contributed by atoms with E-state index >= 15 is 0 Å². The zero-order valence-electron chi connectivity index (χ0n) is 9.65. The topological polar surface area (TPSA) is 69.4 Å². The maximum Gasteiger partial charge on any atom is 0.209 e. The molecule has 0 spiro atoms. The summed E-state index contributed by atoms with van der Waals surface area (Å²) in [4.78, 5) is 0. The van der Waals surface area contributed by atoms with Crippen LogP contribution in [0.25, 0.3) is 0 Å². The minimum atomic E-state index is -3.40. The lowest BCUT2D eigenvalue weighted by molar-refractivity contribution is 0.308. The first-order valence-electron chi connectivity index (χ1n) is 5.28. The van der Waals surface area contributed by atoms with Crippen molar-refractivity contribution >= 4 is 10.0 Å². The number of benzene rings is 1. The Morgan fingerprint density at radius 3 is 2.65 bits per heavy atom. The van der Waals surface area contributed by atoms with Crippen LogP contribution < -0.4 is 9.88 Å². The van der Waals surface area contributed by atoms with Crippen LogP contribution in [0.15, 0.2) is 18.2 Å². The Morgan fingerprint density at radius 2 is 2.06 bits per heavy atom. The highest BCUT2D eigenvalue weighted by molar-refractivity contribution is 7.89. The molecule has 96 valence electrons. The number of sulfonamides is 1. The van der Waals surface area contributed by atoms with Crippen molar-refractivity contribution in [2.24, 2.45) is 5.14 Å². The fourth-order valence-corrected chi connectivity index (χ4v) is 1.87. The van der Waals surface area contributed by atoms with Crippen LogP contribution in [0.3, 0.4) is 0 Å². The first-order chi connectivity index (χ1) is 7.88. The molecule has 0 saturated heterocycles. The van der Waals surface area contributed by atoms with Gasteiger partial charge in [0.05, 0.1) is 12.4 Å². The number of primary sulfonamides is 1. The third kappa shape index (κ3) is 5.65. The van der Waals surface area contributed by atoms with Crippen molar-refractivity contribution in [3.05, 3.63) is 29.6 Å². The molecule has 0 aliphatic carbocycles. The van der Waals surface area contributed by atoms with Crippen LogP contribution in [0, 0.1) is 12.7 Å². The average Bonchev–Trinajstić information content (AvgIpc) is 2.21. The molecule has 0 saturated carbocycles. The van der Waals surface area contributed by atoms with Gasteiger partial charge >= 0.3 is 0 Å². The van der Waals surface area contributed by atoms with E-state index in [0.29, 0.717) is 30.8 Å². The van der Waals surface area contributed by atoms with Crippen molar-refractivity contribution in [1.82, 2.24) is 0 Å². The third-order valence-corrected chi connectivity index (χ3v) is 3.09. The minimum Gasteiger partial charge on any atom is -0.493 e. The molecule has 1 aromatic carbocycles. The largest absolute Gasteiger partial charge is 0.493 e. The Kier molecular flexibility index (Phi) is 4.89. The smallest absolute Gasteiger partial charge is 0.209 e. The van der Waals surface area contributed by atoms with E-state index in [4.69, 9.17) is 9.88 Å². The molecular weight excluding hydrogens is 245 g/mol. The Labute approximate surface area is 101 Å². The normalized spacial score (nSPS) is 11.5. The Bertz CT molecular complexity index is 474. The lowest BCUT2D eigenvalue weighted by Gasteiger charge is -2.06. The van der Waals surface area contributed by atoms with E-state index in [9.17, 15) is 12.8 Å². The van der Waals surface area contributed by atoms with Gasteiger partial charge in [0, 0.05) is 6.07 Å². The summed E-state index contributed by atoms with van der Waals surface area (Å²) < 4.78 is 39.7. The first-order valence-corrected chi connectivity index (χ1v) is 6.99. The van der Waals surface area contributed by atoms with E-state index in [1.54, 1.807) is 19.1 Å². The maximum absolute atomic E-state index is 13.1. The number of unbranched alkanes of at least 4 members (excludes halogenated alkanes) is 1. The van der Waals surface area contributed by atoms with Gasteiger partial charge in [-0.2, -0.15) is 0 Å². The van der Waals surface area contributed by atoms with Gasteiger partial charge < -0.3 is 4.74 Å². The Balaban J connectivity index is 2.29. The van der Waals surface area contributed by atoms with Crippen LogP contribution in [0.2, 0.25) is 0 Å². The van der Waals surface area contributed by atoms with E-state index in [0.717, 1.165) is 0 Å². The van der Waals surface area contributed by atoms with Gasteiger partial charge in [0.15, 0.2) is 0 Å². The summed E-state index contributed by atoms with van der Waals surface area (Å²) in [5.41, 5.74) is 0.562. The minimum absolute atomic E-state index is 0.0569. The number of hydrogen-bond donors (Lipinski definition) is 1. The predicted octanol–water partition coefficient (Wildman–Crippen LogP) is 1.58. The highest BCUT2D eigenvalue weighted by atomic mass is 32.2. The molecule has 1 rings (SSSR count). The van der Waals surface area contributed by atoms with Crippen LogP contribution in [-0.2, 0) is 10.0 Å². The van der Waals surface area contributed by atoms with Gasteiger partial charge in [-0.25, -0.2) is 17.9 Å². The number of hydrogen-bond acceptors (Lipinski definition) is 3. The number of nitrogens with two attached hydrogens (primary N) is 1. The lowest BCUT2D eigenvalue weighted by Crippen LogP contribution is -2.16. The summed E-state index contributed by atoms with van der Waals surface area (Å²) in [5.74, 6) is 0.0780. The highest BCUT2D eigenvalue weighted by Crippen LogP contribution is 2.16. The van der Waals surface area contributed by atoms with Crippen LogP contribution in [0.5, 0.6) is 5.75 Å². The molecule has 0 radical (unpaired) electrons. The van der Waals surface area contributed by atoms with Crippen molar-refractivity contribution in [3.8, 4) is 5.75 Å². The molecule has 0 aliphatic rings. The quantitative estimate of drug-likeness (QED) is 0.790. The SMILES string of the molecule is Cc1ccc(OCCCCS(N)(=O)=O)cc1F. The van der Waals surface area contributed by atoms with Crippen LogP contribution in [0.1, 0.15) is 18.4 Å². The molecule has 17 heavy (non-hydrogen) atoms. The molecule has 0 aliphatic heterocycles. The van der Waals surface area contributed by atoms with Gasteiger partial charge in [-0.1, -0.05) is 6.07 Å². The summed E-state index contributed by atoms with van der Waals surface area (Å²) >= 11 is 0. The summed E-state index contributed by atoms with van der Waals surface area (Å²) in [7, 11) is -3.40. The van der Waals surface area contributed by atoms with Crippen molar-refractivity contribution < 1.29 is 17.5 Å². The van der Waals surface area contributed by atoms with Crippen LogP contribution in [0.4, 0.5) is 4.39 Å². The number of rotatable bonds is 6. The second kappa shape index (κ2) is 5.97. The third-order valence-electron chi connectivity index (χ3n) is 2.24. The Hall–Kier alpha value is -1.14. The summed E-state index contributed by atoms with van der Waals surface area (Å²) in [5, 5.41) is 4.85. The zero-order chi connectivity index (χ0) is 12.9. The lowest BCUT2D eigenvalue weighted by atomic mass is 10.2. The van der Waals surface area contributed by atoms with Gasteiger partial charge in [-0.3, -0.25) is 0 Å². The molecule has 0 amide bonds. The van der Waals surface area contributed by atoms with E-state index in [2.05, 4.69) is 0 Å². The van der Waals surface area contributed by atoms with Crippen molar-refractivity contribution in [3.63, 3.8) is 0 Å². The number of halogens is 1. The number of ether oxygens (including phenoxy) is 1. The van der Waals surface area contributed by atoms with Crippen LogP contribution in [-0.4, -0.2) is 20.8 Å². The van der Waals surface area contributed by atoms with Gasteiger partial charge in [0.25, 0.3) is 0 Å². The Morgan fingerprint density at radius 1 is 1.35 bits per heavy atom. The van der Waals surface area contributed by atoms with E-state index < -0.39 is 10.0 Å². The monoisotopic (exact) mass is 261 g/mol. The predicted molar refractivity (Wildman–Crippen MR) is 63.8 cm³/mol. The molecule has 0 atom stereocenters. The molecule has 6 heteroatoms. The van der Waals surface area contributed by atoms with Crippen molar-refractivity contribution in [2.75, 3.05) is 12.4 Å². The van der Waals surface area contributed by atoms with Crippen molar-refractivity contribution in [2.45, 2.75) is 19.8 Å². The molecular formula is C11H16FNO3S. The summed E-state index contributed by atoms with van der Waals surface area (Å²) in [6.07, 6.45) is 0.999. The van der Waals surface area contributed by atoms with Gasteiger partial charge in [-0.15, -0.1) is 0 Å². The molecule has 0 aromatic heterocycles. The average molecular weight is 261 g/mol. The first kappa shape index (κ1) is 13.9. The van der Waals surface area contributed by atoms with E-state index in [1.165, 1.54) is 6.07 Å². The van der Waals surface area contributed by atoms with Gasteiger partial charge in [0.1, 0.15) is 11.6 Å². The van der Waals surface area contributed by atoms with E-state index in [1.807, 2.05) is 0 Å². The molecule has 4 nitrogen and oxygen atoms in total. The summed E-state index contributed by atoms with van der Waals surface area (Å²) in [6.45, 7) is 2.02. The van der Waals surface area contributed by atoms with E-state index in [-0.39, 0.29) is 11.6 Å². The number of aryl methyl sites for hydroxylation is 1. The molecule has 2 N–H and O–H groups in total. The molecule has 1 aromatic rings. The fraction of sp³-hybridized carbons (Fsp3) is 0.455. The summed E-state index contributed by atoms with van der Waals surface area (Å²) in [6, 6.07) is 4.63. The molecule has 0 fully saturated rings. The molecule has 0 bridgehead atoms. The second-order valence-electron chi connectivity index (χ2n) is 3.83. The molecule has 0 heterocycles. The van der Waals surface area contributed by atoms with Gasteiger partial charge in [0.2, 0.25) is 10.0 Å². The zero-order valence-corrected chi connectivity index (χ0v) is 10.5. The van der Waals surface area contributed by atoms with Crippen LogP contribution >= 0.6 is 0 Å². The standard InChI is InChI=1S/C11H16FNO3S/c1-9-4-5-10(8-11(9)12)16-6-2-3-7-17(13,14)15/h4-5,8H,2-3,6-7H2,1H3,(H2,13,14,15). The van der Waals surface area contributed by atoms with Crippen molar-refractivity contribution in [1.29, 1.82) is 0 Å². The fourth-order valence-electron chi connectivity index (χ4n) is 1.26. The molecule has 0 unspecified atom stereocenters. The second-order valence-corrected chi connectivity index (χ2v) is 5.57.